The lowest BCUT2D eigenvalue weighted by molar-refractivity contribution is -0.137. The Morgan fingerprint density at radius 1 is 1.50 bits per heavy atom. The second kappa shape index (κ2) is 5.83. The molecule has 1 aliphatic heterocycles. The van der Waals surface area contributed by atoms with E-state index >= 15 is 0 Å². The molecule has 5 nitrogen and oxygen atoms in total. The molecule has 1 heterocycles. The summed E-state index contributed by atoms with van der Waals surface area (Å²) in [6.07, 6.45) is 1.16. The number of rotatable bonds is 4. The van der Waals surface area contributed by atoms with Gasteiger partial charge in [0.2, 0.25) is 10.0 Å². The van der Waals surface area contributed by atoms with Crippen molar-refractivity contribution in [1.82, 2.24) is 4.31 Å². The van der Waals surface area contributed by atoms with Gasteiger partial charge in [-0.1, -0.05) is 15.9 Å². The second-order valence-electron chi connectivity index (χ2n) is 4.92. The maximum absolute atomic E-state index is 12.6. The van der Waals surface area contributed by atoms with Crippen LogP contribution < -0.4 is 0 Å². The van der Waals surface area contributed by atoms with E-state index in [1.165, 1.54) is 4.31 Å². The molecule has 0 amide bonds. The smallest absolute Gasteiger partial charge is 0.304 e. The molecule has 0 aliphatic carbocycles. The lowest BCUT2D eigenvalue weighted by Crippen LogP contribution is -2.36. The lowest BCUT2D eigenvalue weighted by Gasteiger charge is -2.23. The number of aliphatic carboxylic acids is 1. The number of halogens is 1. The number of hydrogen-bond donors (Lipinski definition) is 1. The minimum absolute atomic E-state index is 0.144. The van der Waals surface area contributed by atoms with E-state index in [9.17, 15) is 13.2 Å². The molecule has 1 saturated heterocycles. The van der Waals surface area contributed by atoms with E-state index < -0.39 is 22.0 Å². The molecule has 20 heavy (non-hydrogen) atoms. The van der Waals surface area contributed by atoms with Crippen LogP contribution in [0.5, 0.6) is 0 Å². The van der Waals surface area contributed by atoms with Crippen LogP contribution in [0.2, 0.25) is 0 Å². The number of hydrogen-bond acceptors (Lipinski definition) is 3. The van der Waals surface area contributed by atoms with E-state index in [4.69, 9.17) is 5.11 Å². The molecular weight excluding hydrogens is 346 g/mol. The average molecular weight is 362 g/mol. The Morgan fingerprint density at radius 3 is 2.80 bits per heavy atom. The molecule has 110 valence electrons. The normalized spacial score (nSPS) is 20.2. The highest BCUT2D eigenvalue weighted by Crippen LogP contribution is 2.29. The molecule has 1 unspecified atom stereocenters. The lowest BCUT2D eigenvalue weighted by atomic mass is 10.2. The summed E-state index contributed by atoms with van der Waals surface area (Å²) in [6, 6.07) is 4.41. The van der Waals surface area contributed by atoms with E-state index in [1.807, 2.05) is 6.92 Å². The van der Waals surface area contributed by atoms with Crippen LogP contribution in [-0.2, 0) is 14.8 Å². The van der Waals surface area contributed by atoms with Crippen molar-refractivity contribution < 1.29 is 18.3 Å². The summed E-state index contributed by atoms with van der Waals surface area (Å²) in [5.74, 6) is -0.968. The minimum Gasteiger partial charge on any atom is -0.481 e. The Bertz CT molecular complexity index is 629. The molecule has 7 heteroatoms. The van der Waals surface area contributed by atoms with Gasteiger partial charge in [-0.3, -0.25) is 4.79 Å². The average Bonchev–Trinajstić information content (AvgIpc) is 2.80. The van der Waals surface area contributed by atoms with Crippen LogP contribution in [0.1, 0.15) is 24.8 Å². The maximum atomic E-state index is 12.6. The number of aryl methyl sites for hydroxylation is 1. The zero-order valence-electron chi connectivity index (χ0n) is 11.0. The van der Waals surface area contributed by atoms with Crippen molar-refractivity contribution in [3.8, 4) is 0 Å². The van der Waals surface area contributed by atoms with E-state index in [1.54, 1.807) is 18.2 Å². The first-order valence-corrected chi connectivity index (χ1v) is 8.55. The summed E-state index contributed by atoms with van der Waals surface area (Å²) < 4.78 is 27.4. The standard InChI is InChI=1S/C13H16BrNO4S/c1-9-7-11(4-5-12(9)14)20(18,19)15-6-2-3-10(15)8-13(16)17/h4-5,7,10H,2-3,6,8H2,1H3,(H,16,17). The molecule has 1 aliphatic rings. The fourth-order valence-electron chi connectivity index (χ4n) is 2.44. The molecule has 1 N–H and O–H groups in total. The Labute approximate surface area is 126 Å². The summed E-state index contributed by atoms with van der Waals surface area (Å²) in [5, 5.41) is 8.88. The van der Waals surface area contributed by atoms with Gasteiger partial charge < -0.3 is 5.11 Å². The zero-order valence-corrected chi connectivity index (χ0v) is 13.4. The molecule has 0 aromatic heterocycles. The number of nitrogens with zero attached hydrogens (tertiary/aromatic N) is 1. The third kappa shape index (κ3) is 3.05. The molecular formula is C13H16BrNO4S. The van der Waals surface area contributed by atoms with Crippen LogP contribution in [-0.4, -0.2) is 36.4 Å². The highest BCUT2D eigenvalue weighted by molar-refractivity contribution is 9.10. The zero-order chi connectivity index (χ0) is 14.9. The fourth-order valence-corrected chi connectivity index (χ4v) is 4.47. The predicted molar refractivity (Wildman–Crippen MR) is 78.0 cm³/mol. The Balaban J connectivity index is 2.33. The largest absolute Gasteiger partial charge is 0.481 e. The highest BCUT2D eigenvalue weighted by Gasteiger charge is 2.36. The van der Waals surface area contributed by atoms with Crippen molar-refractivity contribution in [2.45, 2.75) is 37.1 Å². The van der Waals surface area contributed by atoms with Crippen LogP contribution in [0.25, 0.3) is 0 Å². The first-order valence-electron chi connectivity index (χ1n) is 6.32. The van der Waals surface area contributed by atoms with E-state index in [2.05, 4.69) is 15.9 Å². The monoisotopic (exact) mass is 361 g/mol. The SMILES string of the molecule is Cc1cc(S(=O)(=O)N2CCCC2CC(=O)O)ccc1Br. The van der Waals surface area contributed by atoms with Gasteiger partial charge in [-0.25, -0.2) is 8.42 Å². The first-order chi connectivity index (χ1) is 9.32. The van der Waals surface area contributed by atoms with Gasteiger partial charge in [0.15, 0.2) is 0 Å². The second-order valence-corrected chi connectivity index (χ2v) is 7.67. The van der Waals surface area contributed by atoms with Crippen LogP contribution in [0.15, 0.2) is 27.6 Å². The van der Waals surface area contributed by atoms with Gasteiger partial charge in [-0.2, -0.15) is 4.31 Å². The highest BCUT2D eigenvalue weighted by atomic mass is 79.9. The van der Waals surface area contributed by atoms with Gasteiger partial charge >= 0.3 is 5.97 Å². The van der Waals surface area contributed by atoms with Crippen molar-refractivity contribution in [1.29, 1.82) is 0 Å². The number of benzene rings is 1. The van der Waals surface area contributed by atoms with Crippen molar-refractivity contribution in [2.75, 3.05) is 6.54 Å². The molecule has 1 aromatic rings. The van der Waals surface area contributed by atoms with Gasteiger partial charge in [0.1, 0.15) is 0 Å². The van der Waals surface area contributed by atoms with Gasteiger partial charge in [0.25, 0.3) is 0 Å². The Kier molecular flexibility index (Phi) is 4.51. The first kappa shape index (κ1) is 15.5. The molecule has 0 spiro atoms. The Hall–Kier alpha value is -0.920. The number of carboxylic acid groups (broad SMARTS) is 1. The third-order valence-corrected chi connectivity index (χ3v) is 6.31. The fraction of sp³-hybridized carbons (Fsp3) is 0.462. The van der Waals surface area contributed by atoms with Gasteiger partial charge in [0.05, 0.1) is 11.3 Å². The van der Waals surface area contributed by atoms with Crippen molar-refractivity contribution in [3.63, 3.8) is 0 Å². The van der Waals surface area contributed by atoms with Crippen molar-refractivity contribution in [2.24, 2.45) is 0 Å². The van der Waals surface area contributed by atoms with Crippen LogP contribution in [0.4, 0.5) is 0 Å². The molecule has 1 atom stereocenters. The van der Waals surface area contributed by atoms with Crippen molar-refractivity contribution in [3.05, 3.63) is 28.2 Å². The van der Waals surface area contributed by atoms with Crippen LogP contribution in [0.3, 0.4) is 0 Å². The summed E-state index contributed by atoms with van der Waals surface area (Å²) >= 11 is 3.34. The molecule has 1 fully saturated rings. The molecule has 0 bridgehead atoms. The van der Waals surface area contributed by atoms with Crippen LogP contribution >= 0.6 is 15.9 Å². The number of sulfonamides is 1. The molecule has 0 saturated carbocycles. The van der Waals surface area contributed by atoms with Crippen molar-refractivity contribution >= 4 is 31.9 Å². The van der Waals surface area contributed by atoms with Gasteiger partial charge in [0, 0.05) is 17.1 Å². The van der Waals surface area contributed by atoms with Crippen LogP contribution in [0, 0.1) is 6.92 Å². The quantitative estimate of drug-likeness (QED) is 0.893. The van der Waals surface area contributed by atoms with E-state index in [0.29, 0.717) is 19.4 Å². The third-order valence-electron chi connectivity index (χ3n) is 3.47. The van der Waals surface area contributed by atoms with Gasteiger partial charge in [-0.15, -0.1) is 0 Å². The number of carbonyl (C=O) groups is 1. The Morgan fingerprint density at radius 2 is 2.20 bits per heavy atom. The number of carboxylic acids is 1. The van der Waals surface area contributed by atoms with Gasteiger partial charge in [-0.05, 0) is 43.5 Å². The maximum Gasteiger partial charge on any atom is 0.304 e. The molecule has 0 radical (unpaired) electrons. The summed E-state index contributed by atoms with van der Waals surface area (Å²) in [6.45, 7) is 2.21. The van der Waals surface area contributed by atoms with E-state index in [0.717, 1.165) is 10.0 Å². The predicted octanol–water partition coefficient (Wildman–Crippen LogP) is 2.39. The summed E-state index contributed by atoms with van der Waals surface area (Å²) in [7, 11) is -3.62. The minimum atomic E-state index is -3.62. The summed E-state index contributed by atoms with van der Waals surface area (Å²) in [4.78, 5) is 11.1. The molecule has 2 rings (SSSR count). The van der Waals surface area contributed by atoms with E-state index in [-0.39, 0.29) is 11.3 Å². The topological polar surface area (TPSA) is 74.7 Å². The molecule has 1 aromatic carbocycles. The summed E-state index contributed by atoms with van der Waals surface area (Å²) in [5.41, 5.74) is 0.833.